The van der Waals surface area contributed by atoms with Gasteiger partial charge in [-0.1, -0.05) is 29.5 Å². The normalized spacial score (nSPS) is 26.9. The first kappa shape index (κ1) is 22.8. The van der Waals surface area contributed by atoms with Gasteiger partial charge in [0.05, 0.1) is 16.3 Å². The first-order valence-corrected chi connectivity index (χ1v) is 13.3. The van der Waals surface area contributed by atoms with Gasteiger partial charge in [-0.2, -0.15) is 13.2 Å². The van der Waals surface area contributed by atoms with Crippen molar-refractivity contribution in [1.29, 1.82) is 0 Å². The number of para-hydroxylation sites is 1. The molecule has 1 N–H and O–H groups in total. The fraction of sp³-hybridized carbons (Fsp3) is 0.400. The van der Waals surface area contributed by atoms with Gasteiger partial charge in [-0.05, 0) is 60.8 Å². The Bertz CT molecular complexity index is 1340. The minimum atomic E-state index is -4.59. The molecule has 2 saturated carbocycles. The van der Waals surface area contributed by atoms with E-state index in [0.29, 0.717) is 23.0 Å². The number of thioether (sulfide) groups is 1. The number of thiazole rings is 1. The molecule has 10 heteroatoms. The lowest BCUT2D eigenvalue weighted by atomic mass is 9.75. The molecule has 3 aromatic rings. The van der Waals surface area contributed by atoms with Crippen molar-refractivity contribution in [2.75, 3.05) is 5.32 Å². The standard InChI is InChI=1S/C25H22F3N3O2S2/c26-25(27,28)16-5-1-2-6-17(16)30-18(32)12-31-23-22(35-24(31)33)20(15-4-3-9-29-11-15)19-13-7-8-14(10-13)21(19)34-23/h1-6,9,11,13-14,19-21H,7-8,10,12H2,(H,30,32). The van der Waals surface area contributed by atoms with Crippen molar-refractivity contribution in [3.8, 4) is 0 Å². The third-order valence-corrected chi connectivity index (χ3v) is 10.4. The predicted octanol–water partition coefficient (Wildman–Crippen LogP) is 5.61. The molecule has 2 fully saturated rings. The summed E-state index contributed by atoms with van der Waals surface area (Å²) in [7, 11) is 0. The van der Waals surface area contributed by atoms with Crippen molar-refractivity contribution in [1.82, 2.24) is 9.55 Å². The molecule has 182 valence electrons. The maximum Gasteiger partial charge on any atom is 0.418 e. The van der Waals surface area contributed by atoms with Crippen LogP contribution < -0.4 is 10.2 Å². The van der Waals surface area contributed by atoms with Gasteiger partial charge in [0.15, 0.2) is 0 Å². The molecular weight excluding hydrogens is 495 g/mol. The van der Waals surface area contributed by atoms with E-state index in [-0.39, 0.29) is 23.0 Å². The van der Waals surface area contributed by atoms with E-state index in [4.69, 9.17) is 0 Å². The molecule has 0 saturated heterocycles. The molecule has 0 radical (unpaired) electrons. The highest BCUT2D eigenvalue weighted by molar-refractivity contribution is 8.00. The zero-order chi connectivity index (χ0) is 24.3. The van der Waals surface area contributed by atoms with Gasteiger partial charge in [0.1, 0.15) is 6.54 Å². The van der Waals surface area contributed by atoms with E-state index >= 15 is 0 Å². The largest absolute Gasteiger partial charge is 0.418 e. The Hall–Kier alpha value is -2.59. The van der Waals surface area contributed by atoms with E-state index in [1.165, 1.54) is 42.0 Å². The van der Waals surface area contributed by atoms with E-state index in [2.05, 4.69) is 16.4 Å². The van der Waals surface area contributed by atoms with Gasteiger partial charge in [-0.25, -0.2) is 0 Å². The fourth-order valence-corrected chi connectivity index (χ4v) is 9.34. The number of pyridine rings is 1. The highest BCUT2D eigenvalue weighted by Gasteiger charge is 2.55. The lowest BCUT2D eigenvalue weighted by Crippen LogP contribution is -2.35. The Labute approximate surface area is 207 Å². The number of benzene rings is 1. The van der Waals surface area contributed by atoms with Crippen LogP contribution in [-0.4, -0.2) is 20.7 Å². The molecule has 2 aromatic heterocycles. The lowest BCUT2D eigenvalue weighted by molar-refractivity contribution is -0.137. The van der Waals surface area contributed by atoms with Crippen molar-refractivity contribution in [2.45, 2.75) is 48.2 Å². The van der Waals surface area contributed by atoms with E-state index in [9.17, 15) is 22.8 Å². The van der Waals surface area contributed by atoms with Gasteiger partial charge < -0.3 is 5.32 Å². The highest BCUT2D eigenvalue weighted by atomic mass is 32.2. The number of nitrogens with one attached hydrogen (secondary N) is 1. The van der Waals surface area contributed by atoms with Gasteiger partial charge in [0, 0.05) is 28.4 Å². The molecule has 5 atom stereocenters. The average molecular weight is 518 g/mol. The van der Waals surface area contributed by atoms with Crippen molar-refractivity contribution in [2.24, 2.45) is 17.8 Å². The van der Waals surface area contributed by atoms with Crippen LogP contribution in [-0.2, 0) is 17.5 Å². The molecule has 3 aliphatic rings. The van der Waals surface area contributed by atoms with Crippen LogP contribution in [0.5, 0.6) is 0 Å². The zero-order valence-electron chi connectivity index (χ0n) is 18.5. The van der Waals surface area contributed by atoms with Crippen LogP contribution >= 0.6 is 23.1 Å². The number of fused-ring (bicyclic) bond motifs is 6. The van der Waals surface area contributed by atoms with Crippen LogP contribution in [0.15, 0.2) is 58.6 Å². The maximum absolute atomic E-state index is 13.4. The summed E-state index contributed by atoms with van der Waals surface area (Å²) in [4.78, 5) is 30.9. The van der Waals surface area contributed by atoms with Gasteiger partial charge in [-0.15, -0.1) is 11.8 Å². The lowest BCUT2D eigenvalue weighted by Gasteiger charge is -2.40. The van der Waals surface area contributed by atoms with E-state index in [1.807, 2.05) is 12.3 Å². The summed E-state index contributed by atoms with van der Waals surface area (Å²) in [6.45, 7) is -0.324. The molecule has 3 heterocycles. The van der Waals surface area contributed by atoms with Crippen molar-refractivity contribution < 1.29 is 18.0 Å². The van der Waals surface area contributed by atoms with E-state index in [1.54, 1.807) is 18.0 Å². The van der Waals surface area contributed by atoms with Crippen molar-refractivity contribution >= 4 is 34.7 Å². The molecule has 0 spiro atoms. The van der Waals surface area contributed by atoms with Crippen LogP contribution in [0, 0.1) is 17.8 Å². The van der Waals surface area contributed by atoms with Crippen LogP contribution in [0.1, 0.15) is 41.2 Å². The number of aromatic nitrogens is 2. The zero-order valence-corrected chi connectivity index (χ0v) is 20.1. The van der Waals surface area contributed by atoms with Crippen LogP contribution in [0.4, 0.5) is 18.9 Å². The SMILES string of the molecule is O=C(Cn1c2c(sc1=O)C(c1cccnc1)C1C3CCC(C3)C1S2)Nc1ccccc1C(F)(F)F. The Kier molecular flexibility index (Phi) is 5.56. The summed E-state index contributed by atoms with van der Waals surface area (Å²) in [5.74, 6) is 1.02. The summed E-state index contributed by atoms with van der Waals surface area (Å²) in [5.41, 5.74) is -0.145. The molecule has 5 nitrogen and oxygen atoms in total. The van der Waals surface area contributed by atoms with E-state index < -0.39 is 17.6 Å². The number of amides is 1. The highest BCUT2D eigenvalue weighted by Crippen LogP contribution is 2.63. The number of hydrogen-bond acceptors (Lipinski definition) is 5. The Morgan fingerprint density at radius 3 is 2.71 bits per heavy atom. The Balaban J connectivity index is 1.34. The summed E-state index contributed by atoms with van der Waals surface area (Å²) in [6, 6.07) is 8.82. The number of hydrogen-bond donors (Lipinski definition) is 1. The molecular formula is C25H22F3N3O2S2. The number of halogens is 3. The first-order valence-electron chi connectivity index (χ1n) is 11.6. The number of carbonyl (C=O) groups excluding carboxylic acids is 1. The summed E-state index contributed by atoms with van der Waals surface area (Å²) >= 11 is 2.84. The molecule has 1 aliphatic heterocycles. The second kappa shape index (κ2) is 8.51. The van der Waals surface area contributed by atoms with Crippen LogP contribution in [0.2, 0.25) is 0 Å². The molecule has 1 aromatic carbocycles. The minimum Gasteiger partial charge on any atom is -0.324 e. The average Bonchev–Trinajstić information content (AvgIpc) is 3.52. The van der Waals surface area contributed by atoms with Crippen LogP contribution in [0.3, 0.4) is 0 Å². The minimum absolute atomic E-state index is 0.0493. The number of alkyl halides is 3. The van der Waals surface area contributed by atoms with Crippen LogP contribution in [0.25, 0.3) is 0 Å². The maximum atomic E-state index is 13.4. The Morgan fingerprint density at radius 2 is 1.94 bits per heavy atom. The third-order valence-electron chi connectivity index (χ3n) is 7.54. The fourth-order valence-electron chi connectivity index (χ4n) is 6.19. The quantitative estimate of drug-likeness (QED) is 0.488. The summed E-state index contributed by atoms with van der Waals surface area (Å²) in [6.07, 6.45) is 2.57. The van der Waals surface area contributed by atoms with E-state index in [0.717, 1.165) is 32.9 Å². The molecule has 2 aliphatic carbocycles. The molecule has 5 unspecified atom stereocenters. The monoisotopic (exact) mass is 517 g/mol. The number of rotatable bonds is 4. The molecule has 2 bridgehead atoms. The predicted molar refractivity (Wildman–Crippen MR) is 129 cm³/mol. The van der Waals surface area contributed by atoms with Crippen molar-refractivity contribution in [3.63, 3.8) is 0 Å². The first-order chi connectivity index (χ1) is 16.8. The van der Waals surface area contributed by atoms with Crippen molar-refractivity contribution in [3.05, 3.63) is 74.5 Å². The second-order valence-corrected chi connectivity index (χ2v) is 11.6. The second-order valence-electron chi connectivity index (χ2n) is 9.47. The summed E-state index contributed by atoms with van der Waals surface area (Å²) < 4.78 is 41.5. The summed E-state index contributed by atoms with van der Waals surface area (Å²) in [5, 5.41) is 3.51. The third kappa shape index (κ3) is 3.91. The van der Waals surface area contributed by atoms with Gasteiger partial charge in [-0.3, -0.25) is 19.1 Å². The van der Waals surface area contributed by atoms with Gasteiger partial charge >= 0.3 is 11.0 Å². The number of carbonyl (C=O) groups is 1. The Morgan fingerprint density at radius 1 is 1.14 bits per heavy atom. The van der Waals surface area contributed by atoms with Gasteiger partial charge in [0.25, 0.3) is 0 Å². The number of nitrogens with zero attached hydrogens (tertiary/aromatic N) is 2. The molecule has 35 heavy (non-hydrogen) atoms. The molecule has 1 amide bonds. The molecule has 6 rings (SSSR count). The smallest absolute Gasteiger partial charge is 0.324 e. The topological polar surface area (TPSA) is 64.0 Å². The van der Waals surface area contributed by atoms with Gasteiger partial charge in [0.2, 0.25) is 5.91 Å². The number of anilines is 1.